The maximum absolute atomic E-state index is 10.3. The van der Waals surface area contributed by atoms with Crippen molar-refractivity contribution in [1.29, 1.82) is 0 Å². The molecule has 4 rings (SSSR count). The summed E-state index contributed by atoms with van der Waals surface area (Å²) >= 11 is 0. The second-order valence-electron chi connectivity index (χ2n) is 10.1. The number of methoxy groups -OCH3 is 2. The van der Waals surface area contributed by atoms with Crippen molar-refractivity contribution in [2.45, 2.75) is 74.3 Å². The van der Waals surface area contributed by atoms with Crippen LogP contribution in [0.1, 0.15) is 11.1 Å². The van der Waals surface area contributed by atoms with E-state index in [0.717, 1.165) is 11.1 Å². The van der Waals surface area contributed by atoms with Gasteiger partial charge in [0.15, 0.2) is 11.5 Å². The number of rotatable bonds is 11. The molecular weight excluding hydrogens is 560 g/mol. The molecule has 2 aromatic carbocycles. The molecule has 10 atom stereocenters. The number of aliphatic hydroxyl groups is 8. The third-order valence-corrected chi connectivity index (χ3v) is 7.30. The van der Waals surface area contributed by atoms with Gasteiger partial charge in [-0.05, 0) is 48.2 Å². The first-order chi connectivity index (χ1) is 20.1. The van der Waals surface area contributed by atoms with E-state index in [1.54, 1.807) is 36.4 Å². The first-order valence-electron chi connectivity index (χ1n) is 13.4. The Morgan fingerprint density at radius 1 is 0.571 bits per heavy atom. The van der Waals surface area contributed by atoms with E-state index in [2.05, 4.69) is 0 Å². The molecule has 42 heavy (non-hydrogen) atoms. The highest BCUT2D eigenvalue weighted by molar-refractivity contribution is 5.44. The van der Waals surface area contributed by atoms with Crippen LogP contribution >= 0.6 is 0 Å². The molecule has 2 heterocycles. The molecule has 0 bridgehead atoms. The van der Waals surface area contributed by atoms with Crippen LogP contribution in [0.25, 0.3) is 0 Å². The average molecular weight is 599 g/mol. The van der Waals surface area contributed by atoms with E-state index in [0.29, 0.717) is 24.3 Å². The van der Waals surface area contributed by atoms with Gasteiger partial charge in [0.05, 0.1) is 27.4 Å². The predicted molar refractivity (Wildman–Crippen MR) is 142 cm³/mol. The fourth-order valence-corrected chi connectivity index (χ4v) is 4.80. The van der Waals surface area contributed by atoms with Gasteiger partial charge in [0, 0.05) is 6.07 Å². The van der Waals surface area contributed by atoms with Crippen LogP contribution in [0, 0.1) is 0 Å². The molecule has 0 amide bonds. The van der Waals surface area contributed by atoms with Gasteiger partial charge in [-0.15, -0.1) is 0 Å². The molecular formula is C28H38O14. The van der Waals surface area contributed by atoms with E-state index in [4.69, 9.17) is 28.4 Å². The number of aryl methyl sites for hydroxylation is 2. The van der Waals surface area contributed by atoms with Gasteiger partial charge >= 0.3 is 0 Å². The minimum absolute atomic E-state index is 0.210. The maximum atomic E-state index is 10.3. The minimum atomic E-state index is -1.58. The lowest BCUT2D eigenvalue weighted by Crippen LogP contribution is -2.60. The second kappa shape index (κ2) is 14.1. The normalized spacial score (nSPS) is 33.2. The Morgan fingerprint density at radius 3 is 1.67 bits per heavy atom. The molecule has 2 aliphatic rings. The lowest BCUT2D eigenvalue weighted by Gasteiger charge is -2.39. The molecule has 2 aliphatic heterocycles. The van der Waals surface area contributed by atoms with Gasteiger partial charge in [-0.3, -0.25) is 0 Å². The van der Waals surface area contributed by atoms with Crippen LogP contribution in [-0.2, 0) is 22.3 Å². The smallest absolute Gasteiger partial charge is 0.229 e. The van der Waals surface area contributed by atoms with E-state index in [1.807, 2.05) is 0 Å². The van der Waals surface area contributed by atoms with E-state index < -0.39 is 74.6 Å². The first kappa shape index (κ1) is 32.2. The SMILES string of the molecule is COc1cc(CCc2ccc(O[C@@H]3O[C@H](CO)[C@@H](O)[C@H](O)[C@H]3O)c(OC)c2)cc(O[C@@H]2O[C@H](CO)[C@@H](O)[C@H](O)[C@H]2O)c1. The van der Waals surface area contributed by atoms with Crippen molar-refractivity contribution < 1.29 is 69.3 Å². The van der Waals surface area contributed by atoms with E-state index >= 15 is 0 Å². The minimum Gasteiger partial charge on any atom is -0.497 e. The third kappa shape index (κ3) is 7.06. The zero-order valence-corrected chi connectivity index (χ0v) is 23.1. The van der Waals surface area contributed by atoms with Gasteiger partial charge in [0.25, 0.3) is 0 Å². The predicted octanol–water partition coefficient (Wildman–Crippen LogP) is -2.15. The Hall–Kier alpha value is -2.76. The summed E-state index contributed by atoms with van der Waals surface area (Å²) in [6, 6.07) is 10.2. The maximum Gasteiger partial charge on any atom is 0.229 e. The first-order valence-corrected chi connectivity index (χ1v) is 13.4. The highest BCUT2D eigenvalue weighted by atomic mass is 16.7. The van der Waals surface area contributed by atoms with Crippen LogP contribution in [0.15, 0.2) is 36.4 Å². The van der Waals surface area contributed by atoms with Crippen molar-refractivity contribution in [2.24, 2.45) is 0 Å². The number of hydrogen-bond acceptors (Lipinski definition) is 14. The van der Waals surface area contributed by atoms with Gasteiger partial charge < -0.3 is 69.3 Å². The Morgan fingerprint density at radius 2 is 1.12 bits per heavy atom. The largest absolute Gasteiger partial charge is 0.497 e. The van der Waals surface area contributed by atoms with Crippen LogP contribution in [0.2, 0.25) is 0 Å². The van der Waals surface area contributed by atoms with Crippen molar-refractivity contribution in [2.75, 3.05) is 27.4 Å². The number of aliphatic hydroxyl groups excluding tert-OH is 8. The Kier molecular flexibility index (Phi) is 10.8. The van der Waals surface area contributed by atoms with Crippen LogP contribution in [-0.4, -0.2) is 130 Å². The van der Waals surface area contributed by atoms with E-state index in [1.165, 1.54) is 14.2 Å². The molecule has 0 aromatic heterocycles. The van der Waals surface area contributed by atoms with Crippen molar-refractivity contribution >= 4 is 0 Å². The summed E-state index contributed by atoms with van der Waals surface area (Å²) in [5.74, 6) is 1.27. The number of ether oxygens (including phenoxy) is 6. The molecule has 14 nitrogen and oxygen atoms in total. The molecule has 2 fully saturated rings. The Bertz CT molecular complexity index is 1160. The lowest BCUT2D eigenvalue weighted by molar-refractivity contribution is -0.277. The van der Waals surface area contributed by atoms with Crippen molar-refractivity contribution in [1.82, 2.24) is 0 Å². The summed E-state index contributed by atoms with van der Waals surface area (Å²) < 4.78 is 33.2. The molecule has 0 radical (unpaired) electrons. The molecule has 0 spiro atoms. The molecule has 0 unspecified atom stereocenters. The summed E-state index contributed by atoms with van der Waals surface area (Å²) in [6.45, 7) is -1.16. The van der Waals surface area contributed by atoms with Crippen LogP contribution in [0.4, 0.5) is 0 Å². The van der Waals surface area contributed by atoms with Crippen LogP contribution < -0.4 is 18.9 Å². The quantitative estimate of drug-likeness (QED) is 0.138. The molecule has 0 aliphatic carbocycles. The van der Waals surface area contributed by atoms with Gasteiger partial charge in [-0.1, -0.05) is 6.07 Å². The summed E-state index contributed by atoms with van der Waals surface area (Å²) in [6.07, 6.45) is -13.2. The molecule has 14 heteroatoms. The number of hydrogen-bond donors (Lipinski definition) is 8. The van der Waals surface area contributed by atoms with Gasteiger partial charge in [0.1, 0.15) is 60.3 Å². The third-order valence-electron chi connectivity index (χ3n) is 7.30. The summed E-state index contributed by atoms with van der Waals surface area (Å²) in [7, 11) is 2.92. The molecule has 2 aromatic rings. The molecule has 0 saturated carbocycles. The van der Waals surface area contributed by atoms with E-state index in [-0.39, 0.29) is 11.5 Å². The Balaban J connectivity index is 1.44. The second-order valence-corrected chi connectivity index (χ2v) is 10.1. The zero-order chi connectivity index (χ0) is 30.6. The van der Waals surface area contributed by atoms with Crippen molar-refractivity contribution in [3.05, 3.63) is 47.5 Å². The highest BCUT2D eigenvalue weighted by Gasteiger charge is 2.46. The van der Waals surface area contributed by atoms with Gasteiger partial charge in [0.2, 0.25) is 12.6 Å². The van der Waals surface area contributed by atoms with E-state index in [9.17, 15) is 40.9 Å². The molecule has 234 valence electrons. The summed E-state index contributed by atoms with van der Waals surface area (Å²) in [5.41, 5.74) is 1.65. The number of benzene rings is 2. The topological polar surface area (TPSA) is 217 Å². The van der Waals surface area contributed by atoms with Crippen LogP contribution in [0.5, 0.6) is 23.0 Å². The summed E-state index contributed by atoms with van der Waals surface area (Å²) in [4.78, 5) is 0. The highest BCUT2D eigenvalue weighted by Crippen LogP contribution is 2.33. The summed E-state index contributed by atoms with van der Waals surface area (Å²) in [5, 5.41) is 79.5. The van der Waals surface area contributed by atoms with Crippen molar-refractivity contribution in [3.63, 3.8) is 0 Å². The fraction of sp³-hybridized carbons (Fsp3) is 0.571. The molecule has 2 saturated heterocycles. The van der Waals surface area contributed by atoms with Crippen molar-refractivity contribution in [3.8, 4) is 23.0 Å². The lowest BCUT2D eigenvalue weighted by atomic mass is 9.99. The molecule has 8 N–H and O–H groups in total. The van der Waals surface area contributed by atoms with Crippen LogP contribution in [0.3, 0.4) is 0 Å². The monoisotopic (exact) mass is 598 g/mol. The zero-order valence-electron chi connectivity index (χ0n) is 23.1. The van der Waals surface area contributed by atoms with Gasteiger partial charge in [-0.2, -0.15) is 0 Å². The van der Waals surface area contributed by atoms with Gasteiger partial charge in [-0.25, -0.2) is 0 Å². The average Bonchev–Trinajstić information content (AvgIpc) is 3.00. The standard InChI is InChI=1S/C28H38O14/c1-37-15-7-14(8-16(10-15)39-27-25(35)23(33)21(31)19(11-29)41-27)4-3-13-5-6-17(18(9-13)38-2)40-28-26(36)24(34)22(32)20(12-30)42-28/h5-10,19-36H,3-4,11-12H2,1-2H3/t19-,20-,21-,22-,23+,24+,25-,26-,27-,28-/m1/s1. The Labute approximate surface area is 241 Å². The fourth-order valence-electron chi connectivity index (χ4n) is 4.80.